The Hall–Kier alpha value is -0.390. The van der Waals surface area contributed by atoms with Crippen LogP contribution in [0.2, 0.25) is 0 Å². The molecule has 2 N–H and O–H groups in total. The summed E-state index contributed by atoms with van der Waals surface area (Å²) in [5.74, 6) is 2.09. The van der Waals surface area contributed by atoms with Crippen LogP contribution in [0.5, 0.6) is 0 Å². The van der Waals surface area contributed by atoms with Crippen molar-refractivity contribution in [3.63, 3.8) is 0 Å². The van der Waals surface area contributed by atoms with E-state index >= 15 is 0 Å². The Kier molecular flexibility index (Phi) is 4.48. The predicted octanol–water partition coefficient (Wildman–Crippen LogP) is 3.94. The Morgan fingerprint density at radius 1 is 1.35 bits per heavy atom. The van der Waals surface area contributed by atoms with Crippen molar-refractivity contribution >= 4 is 29.2 Å². The van der Waals surface area contributed by atoms with E-state index in [4.69, 9.17) is 10.5 Å². The van der Waals surface area contributed by atoms with Crippen molar-refractivity contribution in [1.29, 1.82) is 0 Å². The lowest BCUT2D eigenvalue weighted by Crippen LogP contribution is -2.43. The van der Waals surface area contributed by atoms with Gasteiger partial charge in [0.1, 0.15) is 5.82 Å². The van der Waals surface area contributed by atoms with Gasteiger partial charge >= 0.3 is 0 Å². The third-order valence-corrected chi connectivity index (χ3v) is 6.37. The molecule has 110 valence electrons. The second kappa shape index (κ2) is 6.16. The van der Waals surface area contributed by atoms with Gasteiger partial charge in [-0.25, -0.2) is 4.39 Å². The molecule has 0 saturated carbocycles. The van der Waals surface area contributed by atoms with Crippen LogP contribution < -0.4 is 5.73 Å². The van der Waals surface area contributed by atoms with Crippen LogP contribution in [0.4, 0.5) is 10.1 Å². The SMILES string of the molecule is Nc1ccc(SC2CCOC3(CCSCC3)C2)cc1F. The van der Waals surface area contributed by atoms with Gasteiger partial charge in [-0.1, -0.05) is 0 Å². The standard InChI is InChI=1S/C15H20FNOS2/c16-13-9-11(1-2-14(13)17)20-12-3-6-18-15(10-12)4-7-19-8-5-15/h1-2,9,12H,3-8,10,17H2. The molecule has 2 nitrogen and oxygen atoms in total. The summed E-state index contributed by atoms with van der Waals surface area (Å²) in [5, 5.41) is 0.523. The highest BCUT2D eigenvalue weighted by atomic mass is 32.2. The Morgan fingerprint density at radius 2 is 2.15 bits per heavy atom. The number of thioether (sulfide) groups is 2. The van der Waals surface area contributed by atoms with Crippen molar-refractivity contribution in [3.05, 3.63) is 24.0 Å². The molecule has 1 unspecified atom stereocenters. The normalized spacial score (nSPS) is 25.8. The van der Waals surface area contributed by atoms with E-state index < -0.39 is 0 Å². The first-order valence-corrected chi connectivity index (χ1v) is 9.14. The molecule has 5 heteroatoms. The molecule has 20 heavy (non-hydrogen) atoms. The lowest BCUT2D eigenvalue weighted by molar-refractivity contribution is -0.0804. The van der Waals surface area contributed by atoms with Gasteiger partial charge in [0.15, 0.2) is 0 Å². The summed E-state index contributed by atoms with van der Waals surface area (Å²) < 4.78 is 19.6. The summed E-state index contributed by atoms with van der Waals surface area (Å²) in [6.45, 7) is 0.833. The van der Waals surface area contributed by atoms with Crippen LogP contribution in [0, 0.1) is 5.82 Å². The fourth-order valence-corrected chi connectivity index (χ4v) is 5.49. The third kappa shape index (κ3) is 3.26. The van der Waals surface area contributed by atoms with Crippen LogP contribution >= 0.6 is 23.5 Å². The van der Waals surface area contributed by atoms with Crippen molar-refractivity contribution in [2.75, 3.05) is 23.8 Å². The maximum atomic E-state index is 13.5. The summed E-state index contributed by atoms with van der Waals surface area (Å²) in [5.41, 5.74) is 5.84. The van der Waals surface area contributed by atoms with E-state index in [0.717, 1.165) is 37.2 Å². The van der Waals surface area contributed by atoms with E-state index in [1.165, 1.54) is 11.5 Å². The molecular weight excluding hydrogens is 293 g/mol. The Bertz CT molecular complexity index is 471. The van der Waals surface area contributed by atoms with Crippen molar-refractivity contribution in [2.45, 2.75) is 41.4 Å². The Balaban J connectivity index is 1.66. The molecule has 2 fully saturated rings. The van der Waals surface area contributed by atoms with Gasteiger partial charge in [0, 0.05) is 16.8 Å². The first kappa shape index (κ1) is 14.5. The minimum atomic E-state index is -0.314. The van der Waals surface area contributed by atoms with Crippen LogP contribution in [0.3, 0.4) is 0 Å². The van der Waals surface area contributed by atoms with Crippen molar-refractivity contribution < 1.29 is 9.13 Å². The number of ether oxygens (including phenoxy) is 1. The van der Waals surface area contributed by atoms with Crippen LogP contribution in [-0.4, -0.2) is 29.0 Å². The maximum absolute atomic E-state index is 13.5. The average Bonchev–Trinajstić information content (AvgIpc) is 2.44. The van der Waals surface area contributed by atoms with Gasteiger partial charge in [-0.15, -0.1) is 11.8 Å². The molecule has 1 spiro atoms. The number of hydrogen-bond donors (Lipinski definition) is 1. The summed E-state index contributed by atoms with van der Waals surface area (Å²) in [6, 6.07) is 5.13. The predicted molar refractivity (Wildman–Crippen MR) is 84.9 cm³/mol. The van der Waals surface area contributed by atoms with E-state index in [-0.39, 0.29) is 17.1 Å². The topological polar surface area (TPSA) is 35.2 Å². The summed E-state index contributed by atoms with van der Waals surface area (Å²) in [7, 11) is 0. The molecule has 1 aromatic carbocycles. The van der Waals surface area contributed by atoms with E-state index in [1.54, 1.807) is 23.9 Å². The van der Waals surface area contributed by atoms with Gasteiger partial charge in [0.2, 0.25) is 0 Å². The number of halogens is 1. The van der Waals surface area contributed by atoms with Gasteiger partial charge in [-0.3, -0.25) is 0 Å². The molecule has 0 bridgehead atoms. The Morgan fingerprint density at radius 3 is 2.90 bits per heavy atom. The molecular formula is C15H20FNOS2. The monoisotopic (exact) mass is 313 g/mol. The van der Waals surface area contributed by atoms with Crippen molar-refractivity contribution in [3.8, 4) is 0 Å². The number of nitrogens with two attached hydrogens (primary N) is 1. The third-order valence-electron chi connectivity index (χ3n) is 4.13. The highest BCUT2D eigenvalue weighted by Gasteiger charge is 2.38. The number of benzene rings is 1. The number of nitrogen functional groups attached to an aromatic ring is 1. The fourth-order valence-electron chi connectivity index (χ4n) is 2.95. The van der Waals surface area contributed by atoms with E-state index in [0.29, 0.717) is 5.25 Å². The van der Waals surface area contributed by atoms with Gasteiger partial charge in [-0.05, 0) is 55.4 Å². The smallest absolute Gasteiger partial charge is 0.147 e. The van der Waals surface area contributed by atoms with E-state index in [2.05, 4.69) is 0 Å². The zero-order valence-electron chi connectivity index (χ0n) is 11.4. The zero-order valence-corrected chi connectivity index (χ0v) is 13.1. The number of rotatable bonds is 2. The lowest BCUT2D eigenvalue weighted by atomic mass is 9.88. The molecule has 2 saturated heterocycles. The minimum Gasteiger partial charge on any atom is -0.396 e. The summed E-state index contributed by atoms with van der Waals surface area (Å²) in [4.78, 5) is 0.976. The first-order valence-electron chi connectivity index (χ1n) is 7.10. The van der Waals surface area contributed by atoms with Crippen LogP contribution in [0.1, 0.15) is 25.7 Å². The largest absolute Gasteiger partial charge is 0.396 e. The van der Waals surface area contributed by atoms with Gasteiger partial charge < -0.3 is 10.5 Å². The summed E-state index contributed by atoms with van der Waals surface area (Å²) in [6.07, 6.45) is 4.45. The van der Waals surface area contributed by atoms with Crippen molar-refractivity contribution in [2.24, 2.45) is 0 Å². The molecule has 3 rings (SSSR count). The van der Waals surface area contributed by atoms with Crippen LogP contribution in [-0.2, 0) is 4.74 Å². The molecule has 1 aromatic rings. The second-order valence-corrected chi connectivity index (χ2v) is 8.16. The maximum Gasteiger partial charge on any atom is 0.147 e. The number of anilines is 1. The average molecular weight is 313 g/mol. The molecule has 1 atom stereocenters. The molecule has 0 aliphatic carbocycles. The molecule has 2 aliphatic heterocycles. The van der Waals surface area contributed by atoms with Crippen LogP contribution in [0.25, 0.3) is 0 Å². The molecule has 2 aliphatic rings. The molecule has 0 amide bonds. The molecule has 0 radical (unpaired) electrons. The van der Waals surface area contributed by atoms with Crippen LogP contribution in [0.15, 0.2) is 23.1 Å². The fraction of sp³-hybridized carbons (Fsp3) is 0.600. The van der Waals surface area contributed by atoms with Gasteiger partial charge in [0.25, 0.3) is 0 Å². The molecule has 0 aromatic heterocycles. The molecule has 2 heterocycles. The number of hydrogen-bond acceptors (Lipinski definition) is 4. The highest BCUT2D eigenvalue weighted by Crippen LogP contribution is 2.42. The van der Waals surface area contributed by atoms with Gasteiger partial charge in [0.05, 0.1) is 11.3 Å². The Labute approximate surface area is 128 Å². The lowest BCUT2D eigenvalue weighted by Gasteiger charge is -2.43. The van der Waals surface area contributed by atoms with Gasteiger partial charge in [-0.2, -0.15) is 11.8 Å². The summed E-state index contributed by atoms with van der Waals surface area (Å²) >= 11 is 3.79. The van der Waals surface area contributed by atoms with E-state index in [1.807, 2.05) is 17.8 Å². The van der Waals surface area contributed by atoms with E-state index in [9.17, 15) is 4.39 Å². The second-order valence-electron chi connectivity index (χ2n) is 5.56. The first-order chi connectivity index (χ1) is 9.67. The highest BCUT2D eigenvalue weighted by molar-refractivity contribution is 8.00. The zero-order chi connectivity index (χ0) is 14.0. The van der Waals surface area contributed by atoms with Crippen molar-refractivity contribution in [1.82, 2.24) is 0 Å². The minimum absolute atomic E-state index is 0.0908. The quantitative estimate of drug-likeness (QED) is 0.839.